The molecule has 0 unspecified atom stereocenters. The number of nitrogens with one attached hydrogen (secondary N) is 1. The van der Waals surface area contributed by atoms with Crippen molar-refractivity contribution in [3.05, 3.63) is 47.9 Å². The molecule has 7 nitrogen and oxygen atoms in total. The summed E-state index contributed by atoms with van der Waals surface area (Å²) >= 11 is 0. The van der Waals surface area contributed by atoms with Gasteiger partial charge in [0.25, 0.3) is 5.71 Å². The zero-order valence-corrected chi connectivity index (χ0v) is 15.4. The molecule has 1 aromatic carbocycles. The number of anilines is 1. The molecule has 1 amide bonds. The standard InChI is InChI=1S/C20H23N5O2/c1-14-17-18(22-13-23-20(17)27-24-14)25-11-8-16(9-12-25)19(26)21-10-7-15-5-3-2-4-6-15/h2-6,13,16H,7-12H2,1H3,(H,21,26). The van der Waals surface area contributed by atoms with E-state index < -0.39 is 0 Å². The SMILES string of the molecule is Cc1noc2ncnc(N3CCC(C(=O)NCCc4ccccc4)CC3)c12. The number of aryl methyl sites for hydroxylation is 1. The van der Waals surface area contributed by atoms with E-state index in [4.69, 9.17) is 4.52 Å². The lowest BCUT2D eigenvalue weighted by atomic mass is 9.95. The van der Waals surface area contributed by atoms with Crippen molar-refractivity contribution in [1.82, 2.24) is 20.4 Å². The minimum Gasteiger partial charge on any atom is -0.356 e. The molecule has 1 aliphatic rings. The van der Waals surface area contributed by atoms with Crippen LogP contribution in [-0.4, -0.2) is 40.7 Å². The van der Waals surface area contributed by atoms with Gasteiger partial charge in [-0.05, 0) is 31.7 Å². The van der Waals surface area contributed by atoms with Crippen LogP contribution in [0.5, 0.6) is 0 Å². The van der Waals surface area contributed by atoms with Crippen LogP contribution in [0, 0.1) is 12.8 Å². The van der Waals surface area contributed by atoms with Crippen LogP contribution in [0.2, 0.25) is 0 Å². The molecule has 27 heavy (non-hydrogen) atoms. The van der Waals surface area contributed by atoms with E-state index in [0.29, 0.717) is 12.3 Å². The van der Waals surface area contributed by atoms with E-state index in [2.05, 4.69) is 37.5 Å². The molecule has 140 valence electrons. The Bertz CT molecular complexity index is 917. The van der Waals surface area contributed by atoms with E-state index in [1.54, 1.807) is 0 Å². The predicted molar refractivity (Wildman–Crippen MR) is 102 cm³/mol. The summed E-state index contributed by atoms with van der Waals surface area (Å²) in [5.74, 6) is 1.05. The van der Waals surface area contributed by atoms with E-state index in [1.807, 2.05) is 25.1 Å². The number of hydrogen-bond acceptors (Lipinski definition) is 6. The first kappa shape index (κ1) is 17.5. The summed E-state index contributed by atoms with van der Waals surface area (Å²) in [5, 5.41) is 7.93. The lowest BCUT2D eigenvalue weighted by Gasteiger charge is -2.32. The quantitative estimate of drug-likeness (QED) is 0.748. The van der Waals surface area contributed by atoms with Crippen molar-refractivity contribution in [3.63, 3.8) is 0 Å². The molecular weight excluding hydrogens is 342 g/mol. The predicted octanol–water partition coefficient (Wildman–Crippen LogP) is 2.50. The Hall–Kier alpha value is -2.96. The summed E-state index contributed by atoms with van der Waals surface area (Å²) in [7, 11) is 0. The van der Waals surface area contributed by atoms with Crippen LogP contribution in [-0.2, 0) is 11.2 Å². The molecular formula is C20H23N5O2. The summed E-state index contributed by atoms with van der Waals surface area (Å²) in [6.45, 7) is 4.14. The van der Waals surface area contributed by atoms with Crippen LogP contribution in [0.15, 0.2) is 41.2 Å². The number of hydrogen-bond donors (Lipinski definition) is 1. The molecule has 1 saturated heterocycles. The van der Waals surface area contributed by atoms with Gasteiger partial charge in [-0.1, -0.05) is 35.5 Å². The zero-order chi connectivity index (χ0) is 18.6. The number of benzene rings is 1. The number of aromatic nitrogens is 3. The van der Waals surface area contributed by atoms with E-state index in [9.17, 15) is 4.79 Å². The molecule has 0 atom stereocenters. The van der Waals surface area contributed by atoms with E-state index in [-0.39, 0.29) is 11.8 Å². The van der Waals surface area contributed by atoms with Gasteiger partial charge in [-0.15, -0.1) is 0 Å². The molecule has 1 aliphatic heterocycles. The molecule has 3 aromatic rings. The third-order valence-corrected chi connectivity index (χ3v) is 5.14. The smallest absolute Gasteiger partial charge is 0.263 e. The Morgan fingerprint density at radius 2 is 2.00 bits per heavy atom. The highest BCUT2D eigenvalue weighted by Gasteiger charge is 2.27. The Balaban J connectivity index is 1.32. The van der Waals surface area contributed by atoms with Crippen LogP contribution in [0.1, 0.15) is 24.1 Å². The van der Waals surface area contributed by atoms with Gasteiger partial charge < -0.3 is 14.7 Å². The van der Waals surface area contributed by atoms with Gasteiger partial charge in [-0.2, -0.15) is 4.98 Å². The summed E-state index contributed by atoms with van der Waals surface area (Å²) in [6.07, 6.45) is 3.99. The number of amides is 1. The Labute approximate surface area is 157 Å². The fourth-order valence-corrected chi connectivity index (χ4v) is 3.62. The van der Waals surface area contributed by atoms with Gasteiger partial charge in [0.05, 0.1) is 5.69 Å². The summed E-state index contributed by atoms with van der Waals surface area (Å²) in [5.41, 5.74) is 2.55. The van der Waals surface area contributed by atoms with Crippen LogP contribution in [0.25, 0.3) is 11.1 Å². The van der Waals surface area contributed by atoms with Gasteiger partial charge in [0, 0.05) is 25.6 Å². The highest BCUT2D eigenvalue weighted by atomic mass is 16.5. The van der Waals surface area contributed by atoms with Gasteiger partial charge in [0.2, 0.25) is 5.91 Å². The normalized spacial score (nSPS) is 15.2. The largest absolute Gasteiger partial charge is 0.356 e. The average molecular weight is 365 g/mol. The Morgan fingerprint density at radius 1 is 1.22 bits per heavy atom. The molecule has 7 heteroatoms. The van der Waals surface area contributed by atoms with Crippen LogP contribution >= 0.6 is 0 Å². The van der Waals surface area contributed by atoms with Crippen molar-refractivity contribution in [2.75, 3.05) is 24.5 Å². The van der Waals surface area contributed by atoms with Crippen molar-refractivity contribution in [2.24, 2.45) is 5.92 Å². The fourth-order valence-electron chi connectivity index (χ4n) is 3.62. The van der Waals surface area contributed by atoms with Gasteiger partial charge in [-0.3, -0.25) is 4.79 Å². The third-order valence-electron chi connectivity index (χ3n) is 5.14. The molecule has 0 radical (unpaired) electrons. The number of carbonyl (C=O) groups excluding carboxylic acids is 1. The lowest BCUT2D eigenvalue weighted by molar-refractivity contribution is -0.125. The Kier molecular flexibility index (Phi) is 5.00. The van der Waals surface area contributed by atoms with Gasteiger partial charge in [0.1, 0.15) is 17.5 Å². The maximum Gasteiger partial charge on any atom is 0.263 e. The first-order chi connectivity index (χ1) is 13.2. The topological polar surface area (TPSA) is 84.2 Å². The molecule has 1 fully saturated rings. The first-order valence-corrected chi connectivity index (χ1v) is 9.36. The van der Waals surface area contributed by atoms with Gasteiger partial charge >= 0.3 is 0 Å². The molecule has 0 bridgehead atoms. The minimum absolute atomic E-state index is 0.0536. The third kappa shape index (κ3) is 3.77. The first-order valence-electron chi connectivity index (χ1n) is 9.36. The van der Waals surface area contributed by atoms with Gasteiger partial charge in [0.15, 0.2) is 0 Å². The zero-order valence-electron chi connectivity index (χ0n) is 15.4. The second-order valence-electron chi connectivity index (χ2n) is 6.93. The van der Waals surface area contributed by atoms with E-state index in [1.165, 1.54) is 11.9 Å². The number of piperidine rings is 1. The maximum atomic E-state index is 12.5. The number of fused-ring (bicyclic) bond motifs is 1. The van der Waals surface area contributed by atoms with Crippen molar-refractivity contribution in [2.45, 2.75) is 26.2 Å². The number of rotatable bonds is 5. The van der Waals surface area contributed by atoms with E-state index in [0.717, 1.165) is 49.2 Å². The van der Waals surface area contributed by atoms with Crippen molar-refractivity contribution in [3.8, 4) is 0 Å². The second-order valence-corrected chi connectivity index (χ2v) is 6.93. The summed E-state index contributed by atoms with van der Waals surface area (Å²) in [4.78, 5) is 23.2. The highest BCUT2D eigenvalue weighted by Crippen LogP contribution is 2.29. The van der Waals surface area contributed by atoms with Crippen LogP contribution < -0.4 is 10.2 Å². The average Bonchev–Trinajstić information content (AvgIpc) is 3.10. The Morgan fingerprint density at radius 3 is 2.78 bits per heavy atom. The van der Waals surface area contributed by atoms with E-state index >= 15 is 0 Å². The molecule has 4 rings (SSSR count). The molecule has 1 N–H and O–H groups in total. The van der Waals surface area contributed by atoms with Gasteiger partial charge in [-0.25, -0.2) is 4.98 Å². The fraction of sp³-hybridized carbons (Fsp3) is 0.400. The van der Waals surface area contributed by atoms with Crippen LogP contribution in [0.3, 0.4) is 0 Å². The van der Waals surface area contributed by atoms with Crippen molar-refractivity contribution < 1.29 is 9.32 Å². The van der Waals surface area contributed by atoms with Crippen LogP contribution in [0.4, 0.5) is 5.82 Å². The number of carbonyl (C=O) groups is 1. The van der Waals surface area contributed by atoms with Crippen molar-refractivity contribution >= 4 is 22.8 Å². The minimum atomic E-state index is 0.0536. The molecule has 2 aromatic heterocycles. The molecule has 0 spiro atoms. The summed E-state index contributed by atoms with van der Waals surface area (Å²) in [6, 6.07) is 10.2. The van der Waals surface area contributed by atoms with Crippen molar-refractivity contribution in [1.29, 1.82) is 0 Å². The molecule has 0 saturated carbocycles. The summed E-state index contributed by atoms with van der Waals surface area (Å²) < 4.78 is 5.23. The number of nitrogens with zero attached hydrogens (tertiary/aromatic N) is 4. The molecule has 3 heterocycles. The second kappa shape index (κ2) is 7.73. The molecule has 0 aliphatic carbocycles. The maximum absolute atomic E-state index is 12.5. The highest BCUT2D eigenvalue weighted by molar-refractivity contribution is 5.88. The lowest BCUT2D eigenvalue weighted by Crippen LogP contribution is -2.41. The monoisotopic (exact) mass is 365 g/mol.